The molecule has 0 bridgehead atoms. The molecule has 0 aliphatic rings. The number of nitrogens with one attached hydrogen (secondary N) is 1. The van der Waals surface area contributed by atoms with Gasteiger partial charge in [-0.05, 0) is 26.8 Å². The van der Waals surface area contributed by atoms with Crippen LogP contribution < -0.4 is 5.32 Å². The zero-order valence-electron chi connectivity index (χ0n) is 13.6. The van der Waals surface area contributed by atoms with Gasteiger partial charge in [-0.3, -0.25) is 5.32 Å². The van der Waals surface area contributed by atoms with Crippen LogP contribution in [0, 0.1) is 0 Å². The summed E-state index contributed by atoms with van der Waals surface area (Å²) >= 11 is 0. The first-order valence-electron chi connectivity index (χ1n) is 6.87. The van der Waals surface area contributed by atoms with Gasteiger partial charge in [0.2, 0.25) is 0 Å². The number of hydrogen-bond donors (Lipinski definition) is 1. The van der Waals surface area contributed by atoms with E-state index in [0.29, 0.717) is 6.92 Å². The van der Waals surface area contributed by atoms with Crippen molar-refractivity contribution in [2.75, 3.05) is 11.1 Å². The van der Waals surface area contributed by atoms with Gasteiger partial charge in [-0.2, -0.15) is 0 Å². The van der Waals surface area contributed by atoms with Gasteiger partial charge < -0.3 is 4.74 Å². The molecule has 1 amide bonds. The highest BCUT2D eigenvalue weighted by atomic mass is 32.2. The van der Waals surface area contributed by atoms with Gasteiger partial charge in [0.05, 0.1) is 5.75 Å². The SMILES string of the molecule is CCS(=O)(=O)c1cc(C(C)(F)F)cnc1NC(=O)OC(C)(C)C. The fraction of sp³-hybridized carbons (Fsp3) is 0.571. The summed E-state index contributed by atoms with van der Waals surface area (Å²) in [6.07, 6.45) is -0.102. The summed E-state index contributed by atoms with van der Waals surface area (Å²) in [5.41, 5.74) is -1.36. The third-order valence-electron chi connectivity index (χ3n) is 2.69. The van der Waals surface area contributed by atoms with Crippen LogP contribution in [0.2, 0.25) is 0 Å². The number of ether oxygens (including phenoxy) is 1. The highest BCUT2D eigenvalue weighted by Crippen LogP contribution is 2.31. The second kappa shape index (κ2) is 6.38. The summed E-state index contributed by atoms with van der Waals surface area (Å²) in [5.74, 6) is -3.92. The van der Waals surface area contributed by atoms with Crippen molar-refractivity contribution >= 4 is 21.7 Å². The Morgan fingerprint density at radius 2 is 1.87 bits per heavy atom. The van der Waals surface area contributed by atoms with E-state index in [0.717, 1.165) is 12.3 Å². The zero-order valence-corrected chi connectivity index (χ0v) is 14.4. The Balaban J connectivity index is 3.30. The van der Waals surface area contributed by atoms with Crippen LogP contribution in [-0.4, -0.2) is 30.8 Å². The van der Waals surface area contributed by atoms with Gasteiger partial charge in [-0.1, -0.05) is 6.92 Å². The molecular weight excluding hydrogens is 330 g/mol. The fourth-order valence-corrected chi connectivity index (χ4v) is 2.59. The lowest BCUT2D eigenvalue weighted by Gasteiger charge is -2.20. The largest absolute Gasteiger partial charge is 0.444 e. The molecule has 0 atom stereocenters. The first kappa shape index (κ1) is 19.3. The van der Waals surface area contributed by atoms with Crippen LogP contribution >= 0.6 is 0 Å². The maximum atomic E-state index is 13.4. The van der Waals surface area contributed by atoms with Crippen molar-refractivity contribution in [1.29, 1.82) is 0 Å². The quantitative estimate of drug-likeness (QED) is 0.900. The molecule has 6 nitrogen and oxygen atoms in total. The second-order valence-corrected chi connectivity index (χ2v) is 8.24. The summed E-state index contributed by atoms with van der Waals surface area (Å²) in [4.78, 5) is 15.0. The number of carbonyl (C=O) groups is 1. The van der Waals surface area contributed by atoms with Crippen LogP contribution in [0.1, 0.15) is 40.2 Å². The third-order valence-corrected chi connectivity index (χ3v) is 4.44. The molecule has 0 aliphatic heterocycles. The Hall–Kier alpha value is -1.77. The number of anilines is 1. The van der Waals surface area contributed by atoms with Crippen molar-refractivity contribution in [2.24, 2.45) is 0 Å². The number of aromatic nitrogens is 1. The molecule has 0 fully saturated rings. The minimum Gasteiger partial charge on any atom is -0.444 e. The van der Waals surface area contributed by atoms with E-state index in [1.165, 1.54) is 6.92 Å². The van der Waals surface area contributed by atoms with Gasteiger partial charge in [0, 0.05) is 18.7 Å². The number of sulfone groups is 1. The topological polar surface area (TPSA) is 85.4 Å². The van der Waals surface area contributed by atoms with Gasteiger partial charge in [0.15, 0.2) is 15.7 Å². The van der Waals surface area contributed by atoms with Crippen molar-refractivity contribution < 1.29 is 26.7 Å². The summed E-state index contributed by atoms with van der Waals surface area (Å²) in [6.45, 7) is 6.88. The predicted octanol–water partition coefficient (Wildman–Crippen LogP) is 3.33. The lowest BCUT2D eigenvalue weighted by atomic mass is 10.2. The van der Waals surface area contributed by atoms with E-state index in [1.807, 2.05) is 0 Å². The van der Waals surface area contributed by atoms with E-state index in [1.54, 1.807) is 20.8 Å². The van der Waals surface area contributed by atoms with Gasteiger partial charge in [-0.15, -0.1) is 0 Å². The molecule has 0 spiro atoms. The van der Waals surface area contributed by atoms with Crippen molar-refractivity contribution in [2.45, 2.75) is 51.0 Å². The molecule has 9 heteroatoms. The number of pyridine rings is 1. The number of rotatable bonds is 4. The Kier molecular flexibility index (Phi) is 5.35. The number of nitrogens with zero attached hydrogens (tertiary/aromatic N) is 1. The summed E-state index contributed by atoms with van der Waals surface area (Å²) in [5, 5.41) is 2.19. The summed E-state index contributed by atoms with van der Waals surface area (Å²) < 4.78 is 56.0. The van der Waals surface area contributed by atoms with Gasteiger partial charge in [-0.25, -0.2) is 27.0 Å². The van der Waals surface area contributed by atoms with E-state index in [-0.39, 0.29) is 11.6 Å². The van der Waals surface area contributed by atoms with Crippen molar-refractivity contribution in [3.63, 3.8) is 0 Å². The molecule has 23 heavy (non-hydrogen) atoms. The van der Waals surface area contributed by atoms with Crippen LogP contribution in [-0.2, 0) is 20.5 Å². The molecule has 130 valence electrons. The number of hydrogen-bond acceptors (Lipinski definition) is 5. The monoisotopic (exact) mass is 350 g/mol. The minimum absolute atomic E-state index is 0.323. The molecule has 1 N–H and O–H groups in total. The average molecular weight is 350 g/mol. The molecule has 0 radical (unpaired) electrons. The summed E-state index contributed by atoms with van der Waals surface area (Å²) in [6, 6.07) is 0.818. The Labute approximate surface area is 134 Å². The minimum atomic E-state index is -3.87. The van der Waals surface area contributed by atoms with Crippen molar-refractivity contribution in [3.8, 4) is 0 Å². The normalized spacial score (nSPS) is 12.8. The van der Waals surface area contributed by atoms with Crippen LogP contribution in [0.4, 0.5) is 19.4 Å². The molecule has 0 aliphatic carbocycles. The van der Waals surface area contributed by atoms with Crippen LogP contribution in [0.5, 0.6) is 0 Å². The number of halogens is 2. The maximum Gasteiger partial charge on any atom is 0.413 e. The molecule has 0 aromatic carbocycles. The smallest absolute Gasteiger partial charge is 0.413 e. The highest BCUT2D eigenvalue weighted by Gasteiger charge is 2.29. The molecule has 1 aromatic rings. The number of alkyl halides is 2. The van der Waals surface area contributed by atoms with E-state index < -0.39 is 37.9 Å². The van der Waals surface area contributed by atoms with Crippen molar-refractivity contribution in [3.05, 3.63) is 17.8 Å². The van der Waals surface area contributed by atoms with Crippen molar-refractivity contribution in [1.82, 2.24) is 4.98 Å². The standard InChI is InChI=1S/C14H20F2N2O4S/c1-6-23(20,21)10-7-9(14(5,15)16)8-17-11(10)18-12(19)22-13(2,3)4/h7-8H,6H2,1-5H3,(H,17,18,19). The molecule has 0 saturated carbocycles. The van der Waals surface area contributed by atoms with E-state index in [4.69, 9.17) is 4.74 Å². The average Bonchev–Trinajstić information content (AvgIpc) is 2.35. The van der Waals surface area contributed by atoms with Crippen LogP contribution in [0.25, 0.3) is 0 Å². The van der Waals surface area contributed by atoms with E-state index in [2.05, 4.69) is 10.3 Å². The zero-order chi connectivity index (χ0) is 18.1. The van der Waals surface area contributed by atoms with Gasteiger partial charge >= 0.3 is 6.09 Å². The van der Waals surface area contributed by atoms with Gasteiger partial charge in [0.25, 0.3) is 5.92 Å². The third kappa shape index (κ3) is 5.42. The Morgan fingerprint density at radius 1 is 1.30 bits per heavy atom. The lowest BCUT2D eigenvalue weighted by molar-refractivity contribution is 0.0169. The first-order chi connectivity index (χ1) is 10.3. The van der Waals surface area contributed by atoms with Gasteiger partial charge in [0.1, 0.15) is 10.5 Å². The van der Waals surface area contributed by atoms with Crippen LogP contribution in [0.3, 0.4) is 0 Å². The number of amides is 1. The first-order valence-corrected chi connectivity index (χ1v) is 8.52. The molecule has 0 saturated heterocycles. The maximum absolute atomic E-state index is 13.4. The second-order valence-electron chi connectivity index (χ2n) is 5.99. The fourth-order valence-electron chi connectivity index (χ4n) is 1.57. The Bertz CT molecular complexity index is 692. The van der Waals surface area contributed by atoms with E-state index in [9.17, 15) is 22.0 Å². The predicted molar refractivity (Wildman–Crippen MR) is 81.4 cm³/mol. The van der Waals surface area contributed by atoms with E-state index >= 15 is 0 Å². The highest BCUT2D eigenvalue weighted by molar-refractivity contribution is 7.91. The molecule has 1 heterocycles. The lowest BCUT2D eigenvalue weighted by Crippen LogP contribution is -2.28. The van der Waals surface area contributed by atoms with Crippen LogP contribution in [0.15, 0.2) is 17.2 Å². The molecule has 1 aromatic heterocycles. The summed E-state index contributed by atoms with van der Waals surface area (Å²) in [7, 11) is -3.87. The Morgan fingerprint density at radius 3 is 2.30 bits per heavy atom. The number of carbonyl (C=O) groups excluding carboxylic acids is 1. The molecular formula is C14H20F2N2O4S. The molecule has 1 rings (SSSR count). The molecule has 0 unspecified atom stereocenters.